The van der Waals surface area contributed by atoms with Crippen LogP contribution in [-0.4, -0.2) is 13.0 Å². The molecule has 2 N–H and O–H groups in total. The molecule has 104 valence electrons. The molecule has 0 aliphatic heterocycles. The van der Waals surface area contributed by atoms with E-state index < -0.39 is 17.5 Å². The van der Waals surface area contributed by atoms with Crippen LogP contribution in [0.3, 0.4) is 0 Å². The molecule has 2 rings (SSSR count). The molecule has 0 aliphatic carbocycles. The first-order valence-corrected chi connectivity index (χ1v) is 6.05. The van der Waals surface area contributed by atoms with E-state index in [2.05, 4.69) is 0 Å². The van der Waals surface area contributed by atoms with Crippen LogP contribution in [0.15, 0.2) is 42.5 Å². The average Bonchev–Trinajstić information content (AvgIpc) is 2.48. The number of nitrogens with zero attached hydrogens (tertiary/aromatic N) is 1. The maximum atomic E-state index is 13.6. The van der Waals surface area contributed by atoms with Crippen molar-refractivity contribution in [1.29, 1.82) is 0 Å². The maximum Gasteiger partial charge on any atom is 0.261 e. The second-order valence-electron chi connectivity index (χ2n) is 4.32. The van der Waals surface area contributed by atoms with E-state index in [1.165, 1.54) is 11.9 Å². The Bertz CT molecular complexity index is 644. The van der Waals surface area contributed by atoms with Gasteiger partial charge in [0.2, 0.25) is 0 Å². The van der Waals surface area contributed by atoms with Gasteiger partial charge in [0.1, 0.15) is 11.6 Å². The van der Waals surface area contributed by atoms with Gasteiger partial charge >= 0.3 is 0 Å². The summed E-state index contributed by atoms with van der Waals surface area (Å²) in [5.74, 6) is -2.04. The molecule has 2 aromatic rings. The summed E-state index contributed by atoms with van der Waals surface area (Å²) < 4.78 is 26.8. The minimum Gasteiger partial charge on any atom is -0.326 e. The second kappa shape index (κ2) is 5.79. The second-order valence-corrected chi connectivity index (χ2v) is 4.32. The van der Waals surface area contributed by atoms with Crippen LogP contribution in [0, 0.1) is 11.6 Å². The number of halogens is 2. The van der Waals surface area contributed by atoms with Gasteiger partial charge in [-0.2, -0.15) is 0 Å². The van der Waals surface area contributed by atoms with Crippen LogP contribution in [0.5, 0.6) is 0 Å². The van der Waals surface area contributed by atoms with E-state index in [1.807, 2.05) is 0 Å². The smallest absolute Gasteiger partial charge is 0.261 e. The van der Waals surface area contributed by atoms with Crippen molar-refractivity contribution >= 4 is 11.6 Å². The number of carbonyl (C=O) groups is 1. The molecular weight excluding hydrogens is 262 g/mol. The number of anilines is 1. The normalized spacial score (nSPS) is 10.4. The van der Waals surface area contributed by atoms with Crippen molar-refractivity contribution in [2.24, 2.45) is 5.73 Å². The molecule has 1 amide bonds. The van der Waals surface area contributed by atoms with Crippen molar-refractivity contribution in [3.63, 3.8) is 0 Å². The van der Waals surface area contributed by atoms with E-state index in [1.54, 1.807) is 24.3 Å². The van der Waals surface area contributed by atoms with Gasteiger partial charge in [0.05, 0.1) is 5.56 Å². The lowest BCUT2D eigenvalue weighted by atomic mass is 10.1. The molecule has 0 fully saturated rings. The number of rotatable bonds is 3. The van der Waals surface area contributed by atoms with E-state index in [0.29, 0.717) is 5.69 Å². The molecule has 20 heavy (non-hydrogen) atoms. The molecule has 0 aliphatic rings. The molecule has 0 saturated carbocycles. The first-order chi connectivity index (χ1) is 9.54. The predicted octanol–water partition coefficient (Wildman–Crippen LogP) is 2.70. The van der Waals surface area contributed by atoms with Gasteiger partial charge in [-0.1, -0.05) is 18.2 Å². The van der Waals surface area contributed by atoms with Crippen molar-refractivity contribution in [2.75, 3.05) is 11.9 Å². The number of hydrogen-bond acceptors (Lipinski definition) is 2. The standard InChI is InChI=1S/C15H14F2N2O/c1-19(14-5-3-2-4-10(14)9-18)15(20)12-8-11(16)6-7-13(12)17/h2-8H,9,18H2,1H3. The summed E-state index contributed by atoms with van der Waals surface area (Å²) in [6.45, 7) is 0.249. The Balaban J connectivity index is 2.40. The zero-order valence-electron chi connectivity index (χ0n) is 10.9. The number of hydrogen-bond donors (Lipinski definition) is 1. The fourth-order valence-corrected chi connectivity index (χ4v) is 1.96. The molecule has 0 bridgehead atoms. The van der Waals surface area contributed by atoms with E-state index >= 15 is 0 Å². The lowest BCUT2D eigenvalue weighted by molar-refractivity contribution is 0.0988. The zero-order chi connectivity index (χ0) is 14.7. The maximum absolute atomic E-state index is 13.6. The lowest BCUT2D eigenvalue weighted by Crippen LogP contribution is -2.28. The topological polar surface area (TPSA) is 46.3 Å². The summed E-state index contributed by atoms with van der Waals surface area (Å²) in [7, 11) is 1.50. The zero-order valence-corrected chi connectivity index (χ0v) is 10.9. The van der Waals surface area contributed by atoms with Gasteiger partial charge in [0.15, 0.2) is 0 Å². The molecule has 0 radical (unpaired) electrons. The number of nitrogens with two attached hydrogens (primary N) is 1. The summed E-state index contributed by atoms with van der Waals surface area (Å²) in [6.07, 6.45) is 0. The van der Waals surface area contributed by atoms with Gasteiger partial charge in [-0.05, 0) is 29.8 Å². The number of para-hydroxylation sites is 1. The molecule has 0 spiro atoms. The van der Waals surface area contributed by atoms with Crippen LogP contribution in [0.25, 0.3) is 0 Å². The molecule has 0 heterocycles. The summed E-state index contributed by atoms with van der Waals surface area (Å²) in [4.78, 5) is 13.5. The Morgan fingerprint density at radius 3 is 2.60 bits per heavy atom. The lowest BCUT2D eigenvalue weighted by Gasteiger charge is -2.20. The third-order valence-electron chi connectivity index (χ3n) is 3.04. The first-order valence-electron chi connectivity index (χ1n) is 6.05. The van der Waals surface area contributed by atoms with Gasteiger partial charge < -0.3 is 10.6 Å². The Kier molecular flexibility index (Phi) is 4.10. The molecule has 0 aromatic heterocycles. The summed E-state index contributed by atoms with van der Waals surface area (Å²) in [5, 5.41) is 0. The fraction of sp³-hybridized carbons (Fsp3) is 0.133. The molecule has 3 nitrogen and oxygen atoms in total. The Hall–Kier alpha value is -2.27. The highest BCUT2D eigenvalue weighted by Gasteiger charge is 2.19. The predicted molar refractivity (Wildman–Crippen MR) is 73.4 cm³/mol. The number of amides is 1. The van der Waals surface area contributed by atoms with Crippen LogP contribution in [-0.2, 0) is 6.54 Å². The molecular formula is C15H14F2N2O. The molecule has 5 heteroatoms. The minimum atomic E-state index is -0.756. The average molecular weight is 276 g/mol. The highest BCUT2D eigenvalue weighted by atomic mass is 19.1. The van der Waals surface area contributed by atoms with Gasteiger partial charge in [0, 0.05) is 19.3 Å². The van der Waals surface area contributed by atoms with Gasteiger partial charge in [-0.3, -0.25) is 4.79 Å². The van der Waals surface area contributed by atoms with Crippen molar-refractivity contribution in [1.82, 2.24) is 0 Å². The molecule has 0 unspecified atom stereocenters. The van der Waals surface area contributed by atoms with Crippen LogP contribution in [0.4, 0.5) is 14.5 Å². The van der Waals surface area contributed by atoms with Crippen LogP contribution >= 0.6 is 0 Å². The van der Waals surface area contributed by atoms with E-state index in [-0.39, 0.29) is 12.1 Å². The molecule has 2 aromatic carbocycles. The van der Waals surface area contributed by atoms with Gasteiger partial charge in [0.25, 0.3) is 5.91 Å². The van der Waals surface area contributed by atoms with Crippen LogP contribution in [0.1, 0.15) is 15.9 Å². The van der Waals surface area contributed by atoms with Crippen molar-refractivity contribution in [3.05, 3.63) is 65.2 Å². The van der Waals surface area contributed by atoms with Crippen LogP contribution < -0.4 is 10.6 Å². The van der Waals surface area contributed by atoms with E-state index in [4.69, 9.17) is 5.73 Å². The highest BCUT2D eigenvalue weighted by molar-refractivity contribution is 6.06. The molecule has 0 saturated heterocycles. The third kappa shape index (κ3) is 2.67. The minimum absolute atomic E-state index is 0.249. The summed E-state index contributed by atoms with van der Waals surface area (Å²) >= 11 is 0. The highest BCUT2D eigenvalue weighted by Crippen LogP contribution is 2.21. The quantitative estimate of drug-likeness (QED) is 0.937. The Morgan fingerprint density at radius 2 is 1.90 bits per heavy atom. The number of carbonyl (C=O) groups excluding carboxylic acids is 1. The van der Waals surface area contributed by atoms with Gasteiger partial charge in [-0.25, -0.2) is 8.78 Å². The Labute approximate surface area is 115 Å². The van der Waals surface area contributed by atoms with Crippen molar-refractivity contribution in [3.8, 4) is 0 Å². The summed E-state index contributed by atoms with van der Waals surface area (Å²) in [5.41, 5.74) is 6.63. The van der Waals surface area contributed by atoms with E-state index in [0.717, 1.165) is 23.8 Å². The monoisotopic (exact) mass is 276 g/mol. The van der Waals surface area contributed by atoms with Crippen LogP contribution in [0.2, 0.25) is 0 Å². The van der Waals surface area contributed by atoms with Crippen molar-refractivity contribution < 1.29 is 13.6 Å². The SMILES string of the molecule is CN(C(=O)c1cc(F)ccc1F)c1ccccc1CN. The van der Waals surface area contributed by atoms with Crippen molar-refractivity contribution in [2.45, 2.75) is 6.54 Å². The van der Waals surface area contributed by atoms with E-state index in [9.17, 15) is 13.6 Å². The van der Waals surface area contributed by atoms with Gasteiger partial charge in [-0.15, -0.1) is 0 Å². The first kappa shape index (κ1) is 14.1. The molecule has 0 atom stereocenters. The summed E-state index contributed by atoms with van der Waals surface area (Å²) in [6, 6.07) is 9.83. The number of benzene rings is 2. The largest absolute Gasteiger partial charge is 0.326 e. The third-order valence-corrected chi connectivity index (χ3v) is 3.04. The fourth-order valence-electron chi connectivity index (χ4n) is 1.96. The Morgan fingerprint density at radius 1 is 1.20 bits per heavy atom.